The van der Waals surface area contributed by atoms with Crippen LogP contribution in [0.2, 0.25) is 0 Å². The van der Waals surface area contributed by atoms with Crippen molar-refractivity contribution in [3.8, 4) is 0 Å². The molecule has 1 aromatic rings. The van der Waals surface area contributed by atoms with Gasteiger partial charge in [-0.2, -0.15) is 0 Å². The number of hydrogen-bond acceptors (Lipinski definition) is 1. The van der Waals surface area contributed by atoms with Crippen molar-refractivity contribution in [2.75, 3.05) is 0 Å². The highest BCUT2D eigenvalue weighted by Gasteiger charge is 2.14. The number of rotatable bonds is 3. The van der Waals surface area contributed by atoms with E-state index in [1.165, 1.54) is 5.56 Å². The molecular weight excluding hydrogens is 146 g/mol. The first kappa shape index (κ1) is 8.98. The van der Waals surface area contributed by atoms with Crippen molar-refractivity contribution < 1.29 is 0 Å². The minimum absolute atomic E-state index is 0.0403. The first-order valence-electron chi connectivity index (χ1n) is 4.16. The standard InChI is InChI=1S/C11H15N/c1-11(2,12-3)9-10-7-5-4-6-8-10/h4-8H,3,9H2,1-2H3. The zero-order valence-corrected chi connectivity index (χ0v) is 7.75. The van der Waals surface area contributed by atoms with Crippen LogP contribution in [-0.4, -0.2) is 12.3 Å². The van der Waals surface area contributed by atoms with Crippen LogP contribution in [0.1, 0.15) is 19.4 Å². The molecule has 12 heavy (non-hydrogen) atoms. The zero-order chi connectivity index (χ0) is 9.03. The molecule has 0 fully saturated rings. The Morgan fingerprint density at radius 1 is 1.25 bits per heavy atom. The van der Waals surface area contributed by atoms with Crippen molar-refractivity contribution in [2.45, 2.75) is 25.8 Å². The van der Waals surface area contributed by atoms with E-state index in [1.807, 2.05) is 6.07 Å². The molecule has 0 amide bonds. The van der Waals surface area contributed by atoms with Crippen LogP contribution in [0.5, 0.6) is 0 Å². The SMILES string of the molecule is C=NC(C)(C)Cc1ccccc1. The molecule has 0 aliphatic heterocycles. The predicted molar refractivity (Wildman–Crippen MR) is 53.8 cm³/mol. The molecule has 0 N–H and O–H groups in total. The second-order valence-electron chi connectivity index (χ2n) is 3.63. The minimum atomic E-state index is -0.0403. The van der Waals surface area contributed by atoms with Crippen LogP contribution >= 0.6 is 0 Å². The lowest BCUT2D eigenvalue weighted by Gasteiger charge is -2.18. The first-order chi connectivity index (χ1) is 5.64. The van der Waals surface area contributed by atoms with Gasteiger partial charge < -0.3 is 0 Å². The van der Waals surface area contributed by atoms with Crippen molar-refractivity contribution in [1.29, 1.82) is 0 Å². The van der Waals surface area contributed by atoms with Gasteiger partial charge in [0.25, 0.3) is 0 Å². The van der Waals surface area contributed by atoms with E-state index in [2.05, 4.69) is 49.8 Å². The summed E-state index contributed by atoms with van der Waals surface area (Å²) in [7, 11) is 0. The van der Waals surface area contributed by atoms with Gasteiger partial charge in [-0.3, -0.25) is 4.99 Å². The Hall–Kier alpha value is -1.11. The maximum Gasteiger partial charge on any atom is 0.0585 e. The molecule has 0 radical (unpaired) electrons. The van der Waals surface area contributed by atoms with Crippen molar-refractivity contribution in [3.63, 3.8) is 0 Å². The average Bonchev–Trinajstić information content (AvgIpc) is 2.06. The summed E-state index contributed by atoms with van der Waals surface area (Å²) in [4.78, 5) is 4.07. The Labute approximate surface area is 74.2 Å². The van der Waals surface area contributed by atoms with Crippen molar-refractivity contribution in [2.24, 2.45) is 4.99 Å². The van der Waals surface area contributed by atoms with Crippen LogP contribution in [-0.2, 0) is 6.42 Å². The van der Waals surface area contributed by atoms with Gasteiger partial charge >= 0.3 is 0 Å². The molecule has 0 aliphatic carbocycles. The van der Waals surface area contributed by atoms with Gasteiger partial charge in [-0.25, -0.2) is 0 Å². The lowest BCUT2D eigenvalue weighted by Crippen LogP contribution is -2.19. The third kappa shape index (κ3) is 2.50. The van der Waals surface area contributed by atoms with Crippen LogP contribution in [0, 0.1) is 0 Å². The molecule has 0 atom stereocenters. The minimum Gasteiger partial charge on any atom is -0.295 e. The number of hydrogen-bond donors (Lipinski definition) is 0. The van der Waals surface area contributed by atoms with E-state index in [4.69, 9.17) is 0 Å². The third-order valence-corrected chi connectivity index (χ3v) is 1.91. The van der Waals surface area contributed by atoms with Crippen LogP contribution in [0.3, 0.4) is 0 Å². The summed E-state index contributed by atoms with van der Waals surface area (Å²) in [5.74, 6) is 0. The predicted octanol–water partition coefficient (Wildman–Crippen LogP) is 2.71. The summed E-state index contributed by atoms with van der Waals surface area (Å²) >= 11 is 0. The number of benzene rings is 1. The van der Waals surface area contributed by atoms with E-state index in [-0.39, 0.29) is 5.54 Å². The highest BCUT2D eigenvalue weighted by Crippen LogP contribution is 2.15. The second-order valence-corrected chi connectivity index (χ2v) is 3.63. The summed E-state index contributed by atoms with van der Waals surface area (Å²) in [5.41, 5.74) is 1.27. The second kappa shape index (κ2) is 3.53. The van der Waals surface area contributed by atoms with Crippen LogP contribution in [0.15, 0.2) is 35.3 Å². The molecule has 1 rings (SSSR count). The summed E-state index contributed by atoms with van der Waals surface area (Å²) in [6.07, 6.45) is 0.956. The molecule has 0 unspecified atom stereocenters. The smallest absolute Gasteiger partial charge is 0.0585 e. The maximum absolute atomic E-state index is 4.07. The quantitative estimate of drug-likeness (QED) is 0.604. The fraction of sp³-hybridized carbons (Fsp3) is 0.364. The van der Waals surface area contributed by atoms with Gasteiger partial charge in [-0.15, -0.1) is 0 Å². The number of nitrogens with zero attached hydrogens (tertiary/aromatic N) is 1. The van der Waals surface area contributed by atoms with Crippen LogP contribution in [0.4, 0.5) is 0 Å². The normalized spacial score (nSPS) is 11.2. The third-order valence-electron chi connectivity index (χ3n) is 1.91. The molecule has 0 aliphatic rings. The summed E-state index contributed by atoms with van der Waals surface area (Å²) in [5, 5.41) is 0. The van der Waals surface area contributed by atoms with Crippen LogP contribution < -0.4 is 0 Å². The van der Waals surface area contributed by atoms with Gasteiger partial charge in [0.05, 0.1) is 5.54 Å². The fourth-order valence-electron chi connectivity index (χ4n) is 1.15. The van der Waals surface area contributed by atoms with E-state index in [9.17, 15) is 0 Å². The fourth-order valence-corrected chi connectivity index (χ4v) is 1.15. The number of aliphatic imine (C=N–C) groups is 1. The van der Waals surface area contributed by atoms with E-state index < -0.39 is 0 Å². The molecule has 0 spiro atoms. The molecule has 0 heterocycles. The van der Waals surface area contributed by atoms with Gasteiger partial charge in [-0.1, -0.05) is 30.3 Å². The van der Waals surface area contributed by atoms with Crippen molar-refractivity contribution in [1.82, 2.24) is 0 Å². The molecule has 0 bridgehead atoms. The summed E-state index contributed by atoms with van der Waals surface area (Å²) in [6.45, 7) is 7.76. The molecule has 1 aromatic carbocycles. The highest BCUT2D eigenvalue weighted by atomic mass is 14.8. The molecule has 0 saturated carbocycles. The zero-order valence-electron chi connectivity index (χ0n) is 7.75. The van der Waals surface area contributed by atoms with E-state index in [0.29, 0.717) is 0 Å². The summed E-state index contributed by atoms with van der Waals surface area (Å²) in [6, 6.07) is 10.4. The van der Waals surface area contributed by atoms with Gasteiger partial charge in [0.1, 0.15) is 0 Å². The topological polar surface area (TPSA) is 12.4 Å². The lowest BCUT2D eigenvalue weighted by atomic mass is 9.96. The van der Waals surface area contributed by atoms with Gasteiger partial charge in [0.15, 0.2) is 0 Å². The maximum atomic E-state index is 4.07. The van der Waals surface area contributed by atoms with E-state index in [0.717, 1.165) is 6.42 Å². The van der Waals surface area contributed by atoms with E-state index in [1.54, 1.807) is 0 Å². The average molecular weight is 161 g/mol. The van der Waals surface area contributed by atoms with Gasteiger partial charge in [0, 0.05) is 0 Å². The van der Waals surface area contributed by atoms with Crippen LogP contribution in [0.25, 0.3) is 0 Å². The monoisotopic (exact) mass is 161 g/mol. The first-order valence-corrected chi connectivity index (χ1v) is 4.16. The Morgan fingerprint density at radius 2 is 1.83 bits per heavy atom. The van der Waals surface area contributed by atoms with Gasteiger partial charge in [-0.05, 0) is 32.5 Å². The largest absolute Gasteiger partial charge is 0.295 e. The molecule has 1 heteroatoms. The van der Waals surface area contributed by atoms with Crippen molar-refractivity contribution in [3.05, 3.63) is 35.9 Å². The summed E-state index contributed by atoms with van der Waals surface area (Å²) < 4.78 is 0. The highest BCUT2D eigenvalue weighted by molar-refractivity contribution is 5.27. The van der Waals surface area contributed by atoms with Gasteiger partial charge in [0.2, 0.25) is 0 Å². The molecular formula is C11H15N. The Bertz CT molecular complexity index is 249. The molecule has 0 saturated heterocycles. The van der Waals surface area contributed by atoms with Crippen molar-refractivity contribution >= 4 is 6.72 Å². The molecule has 64 valence electrons. The lowest BCUT2D eigenvalue weighted by molar-refractivity contribution is 0.524. The van der Waals surface area contributed by atoms with E-state index >= 15 is 0 Å². The Balaban J connectivity index is 2.70. The Morgan fingerprint density at radius 3 is 2.33 bits per heavy atom. The molecule has 1 nitrogen and oxygen atoms in total. The Kier molecular flexibility index (Phi) is 2.64. The molecule has 0 aromatic heterocycles.